The van der Waals surface area contributed by atoms with Crippen LogP contribution >= 0.6 is 15.9 Å². The first kappa shape index (κ1) is 14.0. The highest BCUT2D eigenvalue weighted by molar-refractivity contribution is 9.10. The van der Waals surface area contributed by atoms with Gasteiger partial charge < -0.3 is 5.32 Å². The smallest absolute Gasteiger partial charge is 0.193 e. The van der Waals surface area contributed by atoms with Gasteiger partial charge in [-0.2, -0.15) is 0 Å². The highest BCUT2D eigenvalue weighted by atomic mass is 79.9. The van der Waals surface area contributed by atoms with E-state index in [0.717, 1.165) is 35.4 Å². The molecule has 4 heteroatoms. The molecule has 0 amide bonds. The van der Waals surface area contributed by atoms with Gasteiger partial charge in [-0.25, -0.2) is 0 Å². The fourth-order valence-electron chi connectivity index (χ4n) is 2.36. The molecule has 2 aromatic carbocycles. The summed E-state index contributed by atoms with van der Waals surface area (Å²) in [5.74, 6) is 0.843. The summed E-state index contributed by atoms with van der Waals surface area (Å²) >= 11 is 3.39. The van der Waals surface area contributed by atoms with Crippen LogP contribution in [0.25, 0.3) is 0 Å². The number of carbonyl (C=O) groups excluding carboxylic acids is 1. The molecule has 0 saturated carbocycles. The number of carbonyl (C=O) groups is 1. The van der Waals surface area contributed by atoms with Gasteiger partial charge in [0.05, 0.1) is 0 Å². The Labute approximate surface area is 132 Å². The topological polar surface area (TPSA) is 41.5 Å². The van der Waals surface area contributed by atoms with Crippen LogP contribution in [0.1, 0.15) is 27.9 Å². The fraction of sp³-hybridized carbons (Fsp3) is 0.176. The van der Waals surface area contributed by atoms with E-state index in [2.05, 4.69) is 26.2 Å². The van der Waals surface area contributed by atoms with Gasteiger partial charge in [-0.05, 0) is 30.7 Å². The van der Waals surface area contributed by atoms with E-state index >= 15 is 0 Å². The molecule has 0 aliphatic carbocycles. The minimum absolute atomic E-state index is 0.0215. The number of nitrogens with zero attached hydrogens (tertiary/aromatic N) is 1. The van der Waals surface area contributed by atoms with Crippen molar-refractivity contribution in [1.82, 2.24) is 5.32 Å². The van der Waals surface area contributed by atoms with E-state index in [-0.39, 0.29) is 5.78 Å². The largest absolute Gasteiger partial charge is 0.370 e. The van der Waals surface area contributed by atoms with E-state index in [9.17, 15) is 4.79 Å². The molecule has 1 aliphatic rings. The van der Waals surface area contributed by atoms with E-state index in [0.29, 0.717) is 11.1 Å². The van der Waals surface area contributed by atoms with Crippen LogP contribution in [0.4, 0.5) is 0 Å². The maximum Gasteiger partial charge on any atom is 0.193 e. The molecular formula is C17H15BrN2O. The van der Waals surface area contributed by atoms with E-state index in [1.54, 1.807) is 0 Å². The molecule has 0 spiro atoms. The molecule has 0 saturated heterocycles. The van der Waals surface area contributed by atoms with Gasteiger partial charge in [-0.15, -0.1) is 0 Å². The Bertz CT molecular complexity index is 692. The minimum atomic E-state index is 0.0215. The van der Waals surface area contributed by atoms with Gasteiger partial charge in [0.1, 0.15) is 5.84 Å². The summed E-state index contributed by atoms with van der Waals surface area (Å²) < 4.78 is 0.964. The molecule has 0 bridgehead atoms. The Balaban J connectivity index is 2.00. The third-order valence-corrected chi connectivity index (χ3v) is 3.96. The van der Waals surface area contributed by atoms with Gasteiger partial charge in [-0.1, -0.05) is 40.2 Å². The second kappa shape index (κ2) is 6.22. The van der Waals surface area contributed by atoms with Crippen LogP contribution in [-0.4, -0.2) is 24.7 Å². The lowest BCUT2D eigenvalue weighted by Gasteiger charge is -2.17. The summed E-state index contributed by atoms with van der Waals surface area (Å²) in [4.78, 5) is 17.2. The van der Waals surface area contributed by atoms with Crippen LogP contribution in [0.5, 0.6) is 0 Å². The van der Waals surface area contributed by atoms with Crippen LogP contribution in [0.15, 0.2) is 58.0 Å². The van der Waals surface area contributed by atoms with Crippen molar-refractivity contribution in [2.45, 2.75) is 6.42 Å². The molecule has 106 valence electrons. The van der Waals surface area contributed by atoms with Crippen molar-refractivity contribution in [2.75, 3.05) is 13.1 Å². The third kappa shape index (κ3) is 3.05. The molecule has 1 N–H and O–H groups in total. The van der Waals surface area contributed by atoms with Crippen LogP contribution < -0.4 is 5.32 Å². The van der Waals surface area contributed by atoms with Gasteiger partial charge in [0.2, 0.25) is 0 Å². The van der Waals surface area contributed by atoms with Crippen LogP contribution in [0.3, 0.4) is 0 Å². The molecular weight excluding hydrogens is 328 g/mol. The van der Waals surface area contributed by atoms with Crippen LogP contribution in [0, 0.1) is 0 Å². The number of hydrogen-bond acceptors (Lipinski definition) is 3. The normalized spacial score (nSPS) is 14.2. The Morgan fingerprint density at radius 1 is 1.10 bits per heavy atom. The highest BCUT2D eigenvalue weighted by Gasteiger charge is 2.17. The number of benzene rings is 2. The number of aliphatic imine (C=N–C) groups is 1. The zero-order chi connectivity index (χ0) is 14.7. The van der Waals surface area contributed by atoms with Crippen molar-refractivity contribution in [3.63, 3.8) is 0 Å². The summed E-state index contributed by atoms with van der Waals surface area (Å²) in [7, 11) is 0. The second-order valence-corrected chi connectivity index (χ2v) is 5.81. The Morgan fingerprint density at radius 2 is 1.86 bits per heavy atom. The van der Waals surface area contributed by atoms with E-state index < -0.39 is 0 Å². The quantitative estimate of drug-likeness (QED) is 0.868. The number of nitrogens with one attached hydrogen (secondary N) is 1. The summed E-state index contributed by atoms with van der Waals surface area (Å²) in [6, 6.07) is 15.1. The van der Waals surface area contributed by atoms with Gasteiger partial charge >= 0.3 is 0 Å². The first-order valence-corrected chi connectivity index (χ1v) is 7.73. The Hall–Kier alpha value is -1.94. The predicted molar refractivity (Wildman–Crippen MR) is 88.0 cm³/mol. The number of rotatable bonds is 3. The maximum atomic E-state index is 12.7. The Morgan fingerprint density at radius 3 is 2.57 bits per heavy atom. The summed E-state index contributed by atoms with van der Waals surface area (Å²) in [6.07, 6.45) is 1.03. The lowest BCUT2D eigenvalue weighted by molar-refractivity contribution is 0.103. The lowest BCUT2D eigenvalue weighted by atomic mass is 9.97. The third-order valence-electron chi connectivity index (χ3n) is 3.43. The monoisotopic (exact) mass is 342 g/mol. The molecule has 3 rings (SSSR count). The SMILES string of the molecule is O=C(c1ccc(Br)cc1)c1ccccc1C1=NCCCN1. The van der Waals surface area contributed by atoms with Crippen molar-refractivity contribution < 1.29 is 4.79 Å². The van der Waals surface area contributed by atoms with Crippen molar-refractivity contribution in [2.24, 2.45) is 4.99 Å². The summed E-state index contributed by atoms with van der Waals surface area (Å²) in [5, 5.41) is 3.28. The fourth-order valence-corrected chi connectivity index (χ4v) is 2.62. The van der Waals surface area contributed by atoms with E-state index in [1.807, 2.05) is 48.5 Å². The van der Waals surface area contributed by atoms with Gasteiger partial charge in [0.25, 0.3) is 0 Å². The molecule has 2 aromatic rings. The average Bonchev–Trinajstić information content (AvgIpc) is 2.56. The molecule has 0 aromatic heterocycles. The molecule has 21 heavy (non-hydrogen) atoms. The molecule has 3 nitrogen and oxygen atoms in total. The summed E-state index contributed by atoms with van der Waals surface area (Å²) in [6.45, 7) is 1.71. The molecule has 0 fully saturated rings. The average molecular weight is 343 g/mol. The van der Waals surface area contributed by atoms with Crippen molar-refractivity contribution >= 4 is 27.5 Å². The van der Waals surface area contributed by atoms with Gasteiger partial charge in [0.15, 0.2) is 5.78 Å². The number of halogens is 1. The standard InChI is InChI=1S/C17H15BrN2O/c18-13-8-6-12(7-9-13)16(21)14-4-1-2-5-15(14)17-19-10-3-11-20-17/h1-2,4-9H,3,10-11H2,(H,19,20). The number of hydrogen-bond donors (Lipinski definition) is 1. The lowest BCUT2D eigenvalue weighted by Crippen LogP contribution is -2.31. The molecule has 1 aliphatic heterocycles. The van der Waals surface area contributed by atoms with E-state index in [1.165, 1.54) is 0 Å². The maximum absolute atomic E-state index is 12.7. The molecule has 1 heterocycles. The first-order valence-electron chi connectivity index (χ1n) is 6.94. The van der Waals surface area contributed by atoms with Gasteiger partial charge in [0, 0.05) is 34.3 Å². The van der Waals surface area contributed by atoms with Crippen LogP contribution in [0.2, 0.25) is 0 Å². The Kier molecular flexibility index (Phi) is 4.15. The first-order chi connectivity index (χ1) is 10.3. The van der Waals surface area contributed by atoms with Crippen molar-refractivity contribution in [1.29, 1.82) is 0 Å². The molecule has 0 radical (unpaired) electrons. The van der Waals surface area contributed by atoms with Crippen LogP contribution in [-0.2, 0) is 0 Å². The van der Waals surface area contributed by atoms with E-state index in [4.69, 9.17) is 0 Å². The number of amidine groups is 1. The summed E-state index contributed by atoms with van der Waals surface area (Å²) in [5.41, 5.74) is 2.25. The molecule has 0 unspecified atom stereocenters. The van der Waals surface area contributed by atoms with Crippen molar-refractivity contribution in [3.05, 3.63) is 69.7 Å². The predicted octanol–water partition coefficient (Wildman–Crippen LogP) is 3.42. The second-order valence-electron chi connectivity index (χ2n) is 4.89. The van der Waals surface area contributed by atoms with Crippen molar-refractivity contribution in [3.8, 4) is 0 Å². The zero-order valence-electron chi connectivity index (χ0n) is 11.5. The zero-order valence-corrected chi connectivity index (χ0v) is 13.1. The number of ketones is 1. The highest BCUT2D eigenvalue weighted by Crippen LogP contribution is 2.18. The minimum Gasteiger partial charge on any atom is -0.370 e. The molecule has 0 atom stereocenters. The van der Waals surface area contributed by atoms with Gasteiger partial charge in [-0.3, -0.25) is 9.79 Å².